The highest BCUT2D eigenvalue weighted by molar-refractivity contribution is 5.79. The first-order chi connectivity index (χ1) is 16.8. The van der Waals surface area contributed by atoms with Gasteiger partial charge in [-0.05, 0) is 42.7 Å². The van der Waals surface area contributed by atoms with Crippen LogP contribution in [-0.4, -0.2) is 44.0 Å². The van der Waals surface area contributed by atoms with Crippen molar-refractivity contribution < 1.29 is 9.53 Å². The Hall–Kier alpha value is -3.32. The smallest absolute Gasteiger partial charge is 0.240 e. The van der Waals surface area contributed by atoms with Crippen LogP contribution in [0.15, 0.2) is 61.1 Å². The molecule has 3 aliphatic rings. The minimum Gasteiger partial charge on any atom is -0.491 e. The number of rotatable bonds is 4. The quantitative estimate of drug-likeness (QED) is 0.580. The van der Waals surface area contributed by atoms with Crippen LogP contribution in [0, 0.1) is 11.8 Å². The first-order valence-corrected chi connectivity index (χ1v) is 12.3. The Morgan fingerprint density at radius 3 is 2.65 bits per heavy atom. The number of carbonyl (C=O) groups is 1. The number of benzene rings is 1. The summed E-state index contributed by atoms with van der Waals surface area (Å²) in [6, 6.07) is 14.0. The van der Waals surface area contributed by atoms with Gasteiger partial charge in [-0.25, -0.2) is 15.0 Å². The maximum Gasteiger partial charge on any atom is 0.240 e. The summed E-state index contributed by atoms with van der Waals surface area (Å²) < 4.78 is 6.04. The van der Waals surface area contributed by atoms with E-state index in [1.807, 2.05) is 41.5 Å². The lowest BCUT2D eigenvalue weighted by atomic mass is 9.88. The van der Waals surface area contributed by atoms with Crippen molar-refractivity contribution >= 4 is 5.91 Å². The number of aromatic nitrogens is 3. The molecular formula is C27H29N5O2. The zero-order chi connectivity index (χ0) is 22.9. The van der Waals surface area contributed by atoms with Crippen molar-refractivity contribution in [2.75, 3.05) is 13.2 Å². The summed E-state index contributed by atoms with van der Waals surface area (Å²) in [5.74, 6) is 2.11. The average Bonchev–Trinajstić information content (AvgIpc) is 3.28. The fraction of sp³-hybridized carbons (Fsp3) is 0.407. The third kappa shape index (κ3) is 3.94. The molecule has 1 amide bonds. The Kier molecular flexibility index (Phi) is 5.71. The van der Waals surface area contributed by atoms with Gasteiger partial charge in [-0.1, -0.05) is 37.5 Å². The minimum atomic E-state index is 0.0223. The van der Waals surface area contributed by atoms with Crippen LogP contribution >= 0.6 is 0 Å². The van der Waals surface area contributed by atoms with Gasteiger partial charge in [0.05, 0.1) is 12.6 Å². The summed E-state index contributed by atoms with van der Waals surface area (Å²) >= 11 is 0. The molecule has 1 saturated heterocycles. The molecule has 0 unspecified atom stereocenters. The average molecular weight is 456 g/mol. The normalized spacial score (nSPS) is 22.6. The van der Waals surface area contributed by atoms with Gasteiger partial charge in [0.15, 0.2) is 5.82 Å². The number of ether oxygens (including phenoxy) is 1. The second kappa shape index (κ2) is 9.14. The van der Waals surface area contributed by atoms with E-state index in [4.69, 9.17) is 9.72 Å². The van der Waals surface area contributed by atoms with Crippen molar-refractivity contribution in [2.45, 2.75) is 44.7 Å². The number of carbonyl (C=O) groups excluding carboxylic acids is 1. The van der Waals surface area contributed by atoms with Gasteiger partial charge in [-0.15, -0.1) is 0 Å². The molecule has 6 rings (SSSR count). The Bertz CT molecular complexity index is 1160. The molecule has 1 aliphatic carbocycles. The molecule has 0 radical (unpaired) electrons. The maximum absolute atomic E-state index is 13.7. The monoisotopic (exact) mass is 455 g/mol. The van der Waals surface area contributed by atoms with Gasteiger partial charge >= 0.3 is 0 Å². The van der Waals surface area contributed by atoms with Crippen molar-refractivity contribution in [3.8, 4) is 17.1 Å². The van der Waals surface area contributed by atoms with Gasteiger partial charge in [-0.3, -0.25) is 14.8 Å². The molecule has 1 aromatic carbocycles. The van der Waals surface area contributed by atoms with Crippen LogP contribution in [-0.2, 0) is 11.3 Å². The zero-order valence-corrected chi connectivity index (χ0v) is 19.2. The van der Waals surface area contributed by atoms with Gasteiger partial charge in [0.2, 0.25) is 5.91 Å². The van der Waals surface area contributed by atoms with Crippen LogP contribution in [0.2, 0.25) is 0 Å². The highest BCUT2D eigenvalue weighted by Crippen LogP contribution is 2.45. The fourth-order valence-electron chi connectivity index (χ4n) is 5.68. The van der Waals surface area contributed by atoms with E-state index in [2.05, 4.69) is 27.1 Å². The molecule has 2 atom stereocenters. The van der Waals surface area contributed by atoms with Crippen molar-refractivity contribution in [1.82, 2.24) is 25.0 Å². The third-order valence-electron chi connectivity index (χ3n) is 7.32. The molecule has 174 valence electrons. The summed E-state index contributed by atoms with van der Waals surface area (Å²) in [6.45, 7) is 1.90. The second-order valence-electron chi connectivity index (χ2n) is 9.53. The van der Waals surface area contributed by atoms with Crippen LogP contribution in [0.4, 0.5) is 0 Å². The van der Waals surface area contributed by atoms with E-state index in [0.29, 0.717) is 25.5 Å². The summed E-state index contributed by atoms with van der Waals surface area (Å²) in [5, 5.41) is 4.27. The van der Waals surface area contributed by atoms with Gasteiger partial charge in [0, 0.05) is 49.1 Å². The fourth-order valence-corrected chi connectivity index (χ4v) is 5.68. The molecule has 1 saturated carbocycles. The van der Waals surface area contributed by atoms with E-state index in [0.717, 1.165) is 48.3 Å². The Morgan fingerprint density at radius 2 is 1.79 bits per heavy atom. The number of hydrogen-bond acceptors (Lipinski definition) is 6. The Morgan fingerprint density at radius 1 is 0.971 bits per heavy atom. The first kappa shape index (κ1) is 21.2. The number of hydrogen-bond donors (Lipinski definition) is 0. The van der Waals surface area contributed by atoms with Crippen molar-refractivity contribution in [3.63, 3.8) is 0 Å². The summed E-state index contributed by atoms with van der Waals surface area (Å²) in [4.78, 5) is 27.3. The van der Waals surface area contributed by atoms with Crippen molar-refractivity contribution in [2.24, 2.45) is 11.8 Å². The van der Waals surface area contributed by atoms with Gasteiger partial charge < -0.3 is 4.74 Å². The van der Waals surface area contributed by atoms with E-state index in [1.165, 1.54) is 6.42 Å². The van der Waals surface area contributed by atoms with Crippen molar-refractivity contribution in [3.05, 3.63) is 72.3 Å². The standard InChI is InChI=1S/C27H29N5O2/c33-27(20-8-2-1-3-9-20)32-17-22-18-34-23-11-5-12-28-24(23)25(22)31(32)16-19-7-4-10-21(15-19)26-29-13-6-14-30-26/h4-7,10-15,20,22,25H,1-3,8-9,16-18H2/t22-,25-/m1/s1. The van der Waals surface area contributed by atoms with E-state index in [1.54, 1.807) is 12.4 Å². The van der Waals surface area contributed by atoms with Crippen LogP contribution in [0.25, 0.3) is 11.4 Å². The van der Waals surface area contributed by atoms with Crippen molar-refractivity contribution in [1.29, 1.82) is 0 Å². The molecule has 2 aromatic heterocycles. The summed E-state index contributed by atoms with van der Waals surface area (Å²) in [6.07, 6.45) is 10.8. The molecule has 7 nitrogen and oxygen atoms in total. The third-order valence-corrected chi connectivity index (χ3v) is 7.32. The second-order valence-corrected chi connectivity index (χ2v) is 9.53. The molecule has 2 aliphatic heterocycles. The SMILES string of the molecule is O=C(C1CCCCC1)N1C[C@@H]2COc3cccnc3[C@@H]2N1Cc1cccc(-c2ncccn2)c1. The lowest BCUT2D eigenvalue weighted by Gasteiger charge is -2.36. The Balaban J connectivity index is 1.35. The number of hydrazine groups is 1. The highest BCUT2D eigenvalue weighted by Gasteiger charge is 2.48. The topological polar surface area (TPSA) is 71.5 Å². The van der Waals surface area contributed by atoms with Gasteiger partial charge in [0.1, 0.15) is 11.4 Å². The molecule has 7 heteroatoms. The summed E-state index contributed by atoms with van der Waals surface area (Å²) in [5.41, 5.74) is 3.03. The van der Waals surface area contributed by atoms with E-state index in [9.17, 15) is 4.79 Å². The number of pyridine rings is 1. The first-order valence-electron chi connectivity index (χ1n) is 12.3. The largest absolute Gasteiger partial charge is 0.491 e. The molecule has 0 bridgehead atoms. The predicted molar refractivity (Wildman–Crippen MR) is 127 cm³/mol. The molecule has 34 heavy (non-hydrogen) atoms. The zero-order valence-electron chi connectivity index (χ0n) is 19.2. The number of nitrogens with zero attached hydrogens (tertiary/aromatic N) is 5. The number of amides is 1. The molecule has 0 N–H and O–H groups in total. The number of fused-ring (bicyclic) bond motifs is 3. The predicted octanol–water partition coefficient (Wildman–Crippen LogP) is 4.43. The van der Waals surface area contributed by atoms with E-state index >= 15 is 0 Å². The molecule has 3 aromatic rings. The molecule has 0 spiro atoms. The minimum absolute atomic E-state index is 0.0223. The summed E-state index contributed by atoms with van der Waals surface area (Å²) in [7, 11) is 0. The van der Waals surface area contributed by atoms with Crippen LogP contribution in [0.1, 0.15) is 49.4 Å². The maximum atomic E-state index is 13.7. The Labute approximate surface area is 199 Å². The van der Waals surface area contributed by atoms with Crippen LogP contribution in [0.5, 0.6) is 5.75 Å². The van der Waals surface area contributed by atoms with E-state index < -0.39 is 0 Å². The molecule has 4 heterocycles. The van der Waals surface area contributed by atoms with E-state index in [-0.39, 0.29) is 23.8 Å². The lowest BCUT2D eigenvalue weighted by Crippen LogP contribution is -2.45. The lowest BCUT2D eigenvalue weighted by molar-refractivity contribution is -0.153. The molecular weight excluding hydrogens is 426 g/mol. The van der Waals surface area contributed by atoms with Crippen LogP contribution < -0.4 is 4.74 Å². The molecule has 2 fully saturated rings. The highest BCUT2D eigenvalue weighted by atomic mass is 16.5. The van der Waals surface area contributed by atoms with Gasteiger partial charge in [0.25, 0.3) is 0 Å². The van der Waals surface area contributed by atoms with Crippen LogP contribution in [0.3, 0.4) is 0 Å². The van der Waals surface area contributed by atoms with Gasteiger partial charge in [-0.2, -0.15) is 0 Å².